The summed E-state index contributed by atoms with van der Waals surface area (Å²) < 4.78 is 0. The summed E-state index contributed by atoms with van der Waals surface area (Å²) in [5, 5.41) is 14.1. The molecule has 110 valence electrons. The second-order valence-corrected chi connectivity index (χ2v) is 6.16. The fourth-order valence-corrected chi connectivity index (χ4v) is 2.52. The molecule has 1 aromatic heterocycles. The zero-order valence-corrected chi connectivity index (χ0v) is 12.5. The summed E-state index contributed by atoms with van der Waals surface area (Å²) in [4.78, 5) is 16.5. The van der Waals surface area contributed by atoms with Crippen LogP contribution in [0.25, 0.3) is 0 Å². The molecule has 0 aliphatic carbocycles. The van der Waals surface area contributed by atoms with Crippen LogP contribution < -0.4 is 5.32 Å². The number of hydrogen-bond acceptors (Lipinski definition) is 5. The number of nitro groups is 1. The van der Waals surface area contributed by atoms with E-state index < -0.39 is 4.92 Å². The average Bonchev–Trinajstić information content (AvgIpc) is 2.41. The van der Waals surface area contributed by atoms with Crippen LogP contribution in [0.2, 0.25) is 5.02 Å². The highest BCUT2D eigenvalue weighted by molar-refractivity contribution is 6.33. The van der Waals surface area contributed by atoms with Crippen LogP contribution in [0.15, 0.2) is 12.3 Å². The Hall–Kier alpha value is -1.40. The topological polar surface area (TPSA) is 71.3 Å². The molecule has 0 unspecified atom stereocenters. The molecule has 6 nitrogen and oxygen atoms in total. The average molecular weight is 299 g/mol. The molecule has 2 rings (SSSR count). The lowest BCUT2D eigenvalue weighted by Gasteiger charge is -2.38. The van der Waals surface area contributed by atoms with Crippen LogP contribution in [0.5, 0.6) is 0 Å². The summed E-state index contributed by atoms with van der Waals surface area (Å²) in [5.41, 5.74) is 0.116. The van der Waals surface area contributed by atoms with Crippen LogP contribution in [-0.2, 0) is 0 Å². The van der Waals surface area contributed by atoms with Crippen molar-refractivity contribution < 1.29 is 4.92 Å². The molecule has 0 atom stereocenters. The molecule has 7 heteroatoms. The monoisotopic (exact) mass is 298 g/mol. The molecule has 1 aliphatic heterocycles. The maximum absolute atomic E-state index is 10.6. The highest BCUT2D eigenvalue weighted by Crippen LogP contribution is 2.31. The van der Waals surface area contributed by atoms with E-state index in [1.54, 1.807) is 0 Å². The Labute approximate surface area is 123 Å². The molecular formula is C13H19ClN4O2. The number of aromatic nitrogens is 1. The van der Waals surface area contributed by atoms with Gasteiger partial charge in [-0.1, -0.05) is 18.5 Å². The summed E-state index contributed by atoms with van der Waals surface area (Å²) in [7, 11) is 2.13. The van der Waals surface area contributed by atoms with Gasteiger partial charge >= 0.3 is 0 Å². The van der Waals surface area contributed by atoms with Crippen LogP contribution in [0, 0.1) is 15.5 Å². The van der Waals surface area contributed by atoms with Crippen molar-refractivity contribution in [3.8, 4) is 0 Å². The molecular weight excluding hydrogens is 280 g/mol. The second-order valence-electron chi connectivity index (χ2n) is 5.75. The van der Waals surface area contributed by atoms with Gasteiger partial charge in [0.25, 0.3) is 5.69 Å². The first-order chi connectivity index (χ1) is 9.39. The minimum atomic E-state index is -0.499. The highest BCUT2D eigenvalue weighted by Gasteiger charge is 2.28. The van der Waals surface area contributed by atoms with Crippen molar-refractivity contribution in [2.24, 2.45) is 5.41 Å². The number of nitrogens with one attached hydrogen (secondary N) is 1. The zero-order chi connectivity index (χ0) is 14.8. The summed E-state index contributed by atoms with van der Waals surface area (Å²) >= 11 is 6.02. The molecule has 0 radical (unpaired) electrons. The number of rotatable bonds is 4. The van der Waals surface area contributed by atoms with Gasteiger partial charge in [-0.3, -0.25) is 10.1 Å². The van der Waals surface area contributed by atoms with Gasteiger partial charge in [-0.25, -0.2) is 4.98 Å². The third kappa shape index (κ3) is 3.58. The van der Waals surface area contributed by atoms with Gasteiger partial charge in [0, 0.05) is 12.6 Å². The van der Waals surface area contributed by atoms with Gasteiger partial charge in [0.15, 0.2) is 0 Å². The second kappa shape index (κ2) is 5.93. The lowest BCUT2D eigenvalue weighted by molar-refractivity contribution is -0.385. The molecule has 1 aliphatic rings. The van der Waals surface area contributed by atoms with Gasteiger partial charge in [0.2, 0.25) is 0 Å². The summed E-state index contributed by atoms with van der Waals surface area (Å²) in [6.45, 7) is 5.18. The first-order valence-electron chi connectivity index (χ1n) is 6.62. The Kier molecular flexibility index (Phi) is 4.45. The maximum Gasteiger partial charge on any atom is 0.289 e. The minimum Gasteiger partial charge on any atom is -0.368 e. The molecule has 0 saturated carbocycles. The fourth-order valence-electron chi connectivity index (χ4n) is 2.29. The van der Waals surface area contributed by atoms with E-state index in [2.05, 4.69) is 29.2 Å². The van der Waals surface area contributed by atoms with E-state index in [0.717, 1.165) is 32.5 Å². The van der Waals surface area contributed by atoms with E-state index >= 15 is 0 Å². The number of piperidine rings is 1. The van der Waals surface area contributed by atoms with Gasteiger partial charge in [-0.2, -0.15) is 0 Å². The standard InChI is InChI=1S/C13H19ClN4O2/c1-13(3-5-17(2)6-4-13)9-16-12-11(14)7-10(8-15-12)18(19)20/h7-8H,3-6,9H2,1-2H3,(H,15,16). The van der Waals surface area contributed by atoms with Crippen LogP contribution in [0.4, 0.5) is 11.5 Å². The van der Waals surface area contributed by atoms with E-state index in [4.69, 9.17) is 11.6 Å². The van der Waals surface area contributed by atoms with E-state index in [0.29, 0.717) is 5.82 Å². The predicted molar refractivity (Wildman–Crippen MR) is 79.2 cm³/mol. The predicted octanol–water partition coefficient (Wildman–Crippen LogP) is 2.79. The van der Waals surface area contributed by atoms with Crippen molar-refractivity contribution in [1.29, 1.82) is 0 Å². The molecule has 20 heavy (non-hydrogen) atoms. The molecule has 0 spiro atoms. The van der Waals surface area contributed by atoms with Crippen LogP contribution in [0.3, 0.4) is 0 Å². The SMILES string of the molecule is CN1CCC(C)(CNc2ncc([N+](=O)[O-])cc2Cl)CC1. The third-order valence-electron chi connectivity index (χ3n) is 3.91. The van der Waals surface area contributed by atoms with Crippen molar-refractivity contribution in [3.63, 3.8) is 0 Å². The molecule has 0 aromatic carbocycles. The molecule has 0 bridgehead atoms. The van der Waals surface area contributed by atoms with Crippen molar-refractivity contribution in [1.82, 2.24) is 9.88 Å². The Balaban J connectivity index is 1.99. The largest absolute Gasteiger partial charge is 0.368 e. The Bertz CT molecular complexity index is 501. The smallest absolute Gasteiger partial charge is 0.289 e. The van der Waals surface area contributed by atoms with Crippen molar-refractivity contribution in [2.45, 2.75) is 19.8 Å². The first-order valence-corrected chi connectivity index (χ1v) is 7.00. The van der Waals surface area contributed by atoms with Gasteiger partial charge < -0.3 is 10.2 Å². The number of nitrogens with zero attached hydrogens (tertiary/aromatic N) is 3. The number of hydrogen-bond donors (Lipinski definition) is 1. The molecule has 2 heterocycles. The van der Waals surface area contributed by atoms with Crippen LogP contribution in [0.1, 0.15) is 19.8 Å². The Morgan fingerprint density at radius 1 is 1.55 bits per heavy atom. The molecule has 0 amide bonds. The quantitative estimate of drug-likeness (QED) is 0.683. The summed E-state index contributed by atoms with van der Waals surface area (Å²) in [6.07, 6.45) is 3.45. The van der Waals surface area contributed by atoms with Gasteiger partial charge in [-0.05, 0) is 38.4 Å². The van der Waals surface area contributed by atoms with Crippen molar-refractivity contribution in [3.05, 3.63) is 27.4 Å². The molecule has 1 aromatic rings. The minimum absolute atomic E-state index is 0.0916. The highest BCUT2D eigenvalue weighted by atomic mass is 35.5. The lowest BCUT2D eigenvalue weighted by Crippen LogP contribution is -2.40. The Morgan fingerprint density at radius 3 is 2.75 bits per heavy atom. The van der Waals surface area contributed by atoms with E-state index in [1.807, 2.05) is 0 Å². The first kappa shape index (κ1) is 15.0. The maximum atomic E-state index is 10.6. The van der Waals surface area contributed by atoms with Gasteiger partial charge in [-0.15, -0.1) is 0 Å². The van der Waals surface area contributed by atoms with Gasteiger partial charge in [0.05, 0.1) is 9.95 Å². The van der Waals surface area contributed by atoms with E-state index in [1.165, 1.54) is 12.3 Å². The fraction of sp³-hybridized carbons (Fsp3) is 0.615. The van der Waals surface area contributed by atoms with Gasteiger partial charge in [0.1, 0.15) is 12.0 Å². The third-order valence-corrected chi connectivity index (χ3v) is 4.20. The van der Waals surface area contributed by atoms with Crippen molar-refractivity contribution >= 4 is 23.1 Å². The van der Waals surface area contributed by atoms with Crippen molar-refractivity contribution in [2.75, 3.05) is 32.0 Å². The summed E-state index contributed by atoms with van der Waals surface area (Å²) in [5.74, 6) is 0.511. The van der Waals surface area contributed by atoms with Crippen LogP contribution in [-0.4, -0.2) is 41.5 Å². The number of anilines is 1. The van der Waals surface area contributed by atoms with E-state index in [9.17, 15) is 10.1 Å². The molecule has 1 fully saturated rings. The number of pyridine rings is 1. The Morgan fingerprint density at radius 2 is 2.20 bits per heavy atom. The molecule has 1 N–H and O–H groups in total. The lowest BCUT2D eigenvalue weighted by atomic mass is 9.80. The molecule has 1 saturated heterocycles. The van der Waals surface area contributed by atoms with Crippen LogP contribution >= 0.6 is 11.6 Å². The van der Waals surface area contributed by atoms with E-state index in [-0.39, 0.29) is 16.1 Å². The normalized spacial score (nSPS) is 18.8. The summed E-state index contributed by atoms with van der Waals surface area (Å²) in [6, 6.07) is 1.33. The zero-order valence-electron chi connectivity index (χ0n) is 11.7. The number of likely N-dealkylation sites (tertiary alicyclic amines) is 1. The number of halogens is 1.